The molecule has 1 saturated heterocycles. The molecule has 0 bridgehead atoms. The molecule has 9 heteroatoms. The standard InChI is InChI=1S/C16H16N2O5S2/c17-10-13-3-5-16(6-4-13)25(21,22)18(11-15-2-1-8-23-15)14-7-9-24(19,20)12-14/h1-6,8,14H,7,9,11-12H2/t14-/m1/s1. The minimum Gasteiger partial charge on any atom is -0.468 e. The highest BCUT2D eigenvalue weighted by Crippen LogP contribution is 2.27. The molecule has 7 nitrogen and oxygen atoms in total. The Morgan fingerprint density at radius 3 is 2.48 bits per heavy atom. The van der Waals surface area contributed by atoms with Crippen LogP contribution in [0.4, 0.5) is 0 Å². The molecule has 1 fully saturated rings. The maximum Gasteiger partial charge on any atom is 0.243 e. The molecule has 1 aromatic carbocycles. The molecular weight excluding hydrogens is 364 g/mol. The molecule has 0 radical (unpaired) electrons. The van der Waals surface area contributed by atoms with Gasteiger partial charge in [0.25, 0.3) is 0 Å². The van der Waals surface area contributed by atoms with Gasteiger partial charge in [0.2, 0.25) is 10.0 Å². The van der Waals surface area contributed by atoms with Crippen molar-refractivity contribution < 1.29 is 21.3 Å². The molecule has 1 aliphatic heterocycles. The highest BCUT2D eigenvalue weighted by Gasteiger charge is 2.39. The summed E-state index contributed by atoms with van der Waals surface area (Å²) in [6, 6.07) is 10.1. The van der Waals surface area contributed by atoms with E-state index >= 15 is 0 Å². The maximum atomic E-state index is 13.1. The van der Waals surface area contributed by atoms with Crippen molar-refractivity contribution in [2.75, 3.05) is 11.5 Å². The number of hydrogen-bond acceptors (Lipinski definition) is 6. The molecule has 0 amide bonds. The SMILES string of the molecule is N#Cc1ccc(S(=O)(=O)N(Cc2ccco2)[C@@H]2CCS(=O)(=O)C2)cc1. The van der Waals surface area contributed by atoms with E-state index in [0.29, 0.717) is 11.3 Å². The van der Waals surface area contributed by atoms with Crippen LogP contribution in [0.1, 0.15) is 17.7 Å². The molecule has 25 heavy (non-hydrogen) atoms. The van der Waals surface area contributed by atoms with Crippen molar-refractivity contribution in [2.24, 2.45) is 0 Å². The van der Waals surface area contributed by atoms with Gasteiger partial charge in [0.05, 0.1) is 40.8 Å². The lowest BCUT2D eigenvalue weighted by atomic mass is 10.2. The fraction of sp³-hybridized carbons (Fsp3) is 0.312. The zero-order valence-electron chi connectivity index (χ0n) is 13.2. The van der Waals surface area contributed by atoms with E-state index in [1.807, 2.05) is 6.07 Å². The highest BCUT2D eigenvalue weighted by atomic mass is 32.2. The summed E-state index contributed by atoms with van der Waals surface area (Å²) in [5.74, 6) is 0.194. The van der Waals surface area contributed by atoms with Gasteiger partial charge in [-0.25, -0.2) is 16.8 Å². The second kappa shape index (κ2) is 6.63. The molecular formula is C16H16N2O5S2. The molecule has 2 aromatic rings. The van der Waals surface area contributed by atoms with E-state index < -0.39 is 25.9 Å². The van der Waals surface area contributed by atoms with Crippen molar-refractivity contribution in [3.63, 3.8) is 0 Å². The summed E-state index contributed by atoms with van der Waals surface area (Å²) in [7, 11) is -7.19. The van der Waals surface area contributed by atoms with E-state index in [-0.39, 0.29) is 29.4 Å². The van der Waals surface area contributed by atoms with Gasteiger partial charge in [-0.15, -0.1) is 0 Å². The van der Waals surface area contributed by atoms with Gasteiger partial charge in [-0.05, 0) is 42.8 Å². The van der Waals surface area contributed by atoms with E-state index in [4.69, 9.17) is 9.68 Å². The molecule has 0 aliphatic carbocycles. The fourth-order valence-corrected chi connectivity index (χ4v) is 6.25. The molecule has 1 aliphatic rings. The van der Waals surface area contributed by atoms with Crippen LogP contribution >= 0.6 is 0 Å². The van der Waals surface area contributed by atoms with Crippen LogP contribution in [0.2, 0.25) is 0 Å². The molecule has 0 spiro atoms. The number of furan rings is 1. The third-order valence-electron chi connectivity index (χ3n) is 4.10. The Hall–Kier alpha value is -2.15. The summed E-state index contributed by atoms with van der Waals surface area (Å²) < 4.78 is 56.2. The molecule has 1 aromatic heterocycles. The highest BCUT2D eigenvalue weighted by molar-refractivity contribution is 7.92. The third kappa shape index (κ3) is 3.76. The average molecular weight is 380 g/mol. The lowest BCUT2D eigenvalue weighted by Crippen LogP contribution is -2.40. The predicted octanol–water partition coefficient (Wildman–Crippen LogP) is 1.53. The van der Waals surface area contributed by atoms with Crippen LogP contribution in [-0.2, 0) is 26.4 Å². The van der Waals surface area contributed by atoms with Gasteiger partial charge in [0.1, 0.15) is 5.76 Å². The van der Waals surface area contributed by atoms with Crippen LogP contribution in [0.15, 0.2) is 52.0 Å². The fourth-order valence-electron chi connectivity index (χ4n) is 2.81. The number of sulfone groups is 1. The third-order valence-corrected chi connectivity index (χ3v) is 7.76. The Kier molecular flexibility index (Phi) is 4.69. The van der Waals surface area contributed by atoms with Crippen LogP contribution in [-0.4, -0.2) is 38.7 Å². The second-order valence-corrected chi connectivity index (χ2v) is 9.94. The molecule has 0 N–H and O–H groups in total. The number of nitriles is 1. The monoisotopic (exact) mass is 380 g/mol. The first kappa shape index (κ1) is 17.7. The van der Waals surface area contributed by atoms with Crippen molar-refractivity contribution >= 4 is 19.9 Å². The number of hydrogen-bond donors (Lipinski definition) is 0. The van der Waals surface area contributed by atoms with Gasteiger partial charge in [-0.3, -0.25) is 0 Å². The first-order valence-corrected chi connectivity index (χ1v) is 10.8. The average Bonchev–Trinajstić information content (AvgIpc) is 3.21. The Morgan fingerprint density at radius 2 is 1.96 bits per heavy atom. The van der Waals surface area contributed by atoms with Crippen LogP contribution in [0.25, 0.3) is 0 Å². The lowest BCUT2D eigenvalue weighted by molar-refractivity contribution is 0.307. The quantitative estimate of drug-likeness (QED) is 0.778. The van der Waals surface area contributed by atoms with Crippen LogP contribution in [0.5, 0.6) is 0 Å². The van der Waals surface area contributed by atoms with Gasteiger partial charge in [-0.1, -0.05) is 0 Å². The van der Waals surface area contributed by atoms with E-state index in [1.165, 1.54) is 34.8 Å². The van der Waals surface area contributed by atoms with Gasteiger partial charge in [0, 0.05) is 6.04 Å². The van der Waals surface area contributed by atoms with E-state index in [9.17, 15) is 16.8 Å². The van der Waals surface area contributed by atoms with Crippen molar-refractivity contribution in [1.29, 1.82) is 5.26 Å². The normalized spacial score (nSPS) is 19.8. The molecule has 3 rings (SSSR count). The minimum absolute atomic E-state index is 0.0161. The first-order chi connectivity index (χ1) is 11.8. The number of nitrogens with zero attached hydrogens (tertiary/aromatic N) is 2. The summed E-state index contributed by atoms with van der Waals surface area (Å²) in [5, 5.41) is 8.85. The Labute approximate surface area is 146 Å². The number of rotatable bonds is 5. The Bertz CT molecular complexity index is 988. The van der Waals surface area contributed by atoms with Gasteiger partial charge >= 0.3 is 0 Å². The van der Waals surface area contributed by atoms with Crippen LogP contribution < -0.4 is 0 Å². The molecule has 0 unspecified atom stereocenters. The van der Waals surface area contributed by atoms with E-state index in [2.05, 4.69) is 0 Å². The molecule has 132 valence electrons. The zero-order chi connectivity index (χ0) is 18.1. The maximum absolute atomic E-state index is 13.1. The summed E-state index contributed by atoms with van der Waals surface area (Å²) in [6.45, 7) is -0.0461. The second-order valence-electron chi connectivity index (χ2n) is 5.82. The summed E-state index contributed by atoms with van der Waals surface area (Å²) in [5.41, 5.74) is 0.347. The minimum atomic E-state index is -3.94. The Morgan fingerprint density at radius 1 is 1.24 bits per heavy atom. The lowest BCUT2D eigenvalue weighted by Gasteiger charge is -2.26. The van der Waals surface area contributed by atoms with Crippen LogP contribution in [0.3, 0.4) is 0 Å². The van der Waals surface area contributed by atoms with Crippen molar-refractivity contribution in [3.8, 4) is 6.07 Å². The van der Waals surface area contributed by atoms with Crippen molar-refractivity contribution in [1.82, 2.24) is 4.31 Å². The molecule has 2 heterocycles. The van der Waals surface area contributed by atoms with Gasteiger partial charge < -0.3 is 4.42 Å². The zero-order valence-corrected chi connectivity index (χ0v) is 14.8. The Balaban J connectivity index is 1.98. The molecule has 1 atom stereocenters. The van der Waals surface area contributed by atoms with Crippen LogP contribution in [0, 0.1) is 11.3 Å². The van der Waals surface area contributed by atoms with Crippen molar-refractivity contribution in [2.45, 2.75) is 23.9 Å². The van der Waals surface area contributed by atoms with Gasteiger partial charge in [-0.2, -0.15) is 9.57 Å². The first-order valence-electron chi connectivity index (χ1n) is 7.57. The number of sulfonamides is 1. The van der Waals surface area contributed by atoms with Crippen molar-refractivity contribution in [3.05, 3.63) is 54.0 Å². The van der Waals surface area contributed by atoms with E-state index in [0.717, 1.165) is 0 Å². The summed E-state index contributed by atoms with van der Waals surface area (Å²) >= 11 is 0. The molecule has 0 saturated carbocycles. The largest absolute Gasteiger partial charge is 0.468 e. The summed E-state index contributed by atoms with van der Waals surface area (Å²) in [4.78, 5) is 0.0161. The topological polar surface area (TPSA) is 108 Å². The van der Waals surface area contributed by atoms with Gasteiger partial charge in [0.15, 0.2) is 9.84 Å². The smallest absolute Gasteiger partial charge is 0.243 e. The summed E-state index contributed by atoms with van der Waals surface area (Å²) in [6.07, 6.45) is 1.69. The predicted molar refractivity (Wildman–Crippen MR) is 89.7 cm³/mol. The number of benzene rings is 1. The van der Waals surface area contributed by atoms with E-state index in [1.54, 1.807) is 12.1 Å².